The Morgan fingerprint density at radius 3 is 1.46 bits per heavy atom. The first-order valence-corrected chi connectivity index (χ1v) is 11.2. The van der Waals surface area contributed by atoms with Crippen LogP contribution in [0, 0.1) is 0 Å². The first-order chi connectivity index (χ1) is 17.9. The van der Waals surface area contributed by atoms with E-state index in [1.807, 2.05) is 0 Å². The van der Waals surface area contributed by atoms with Gasteiger partial charge in [0.2, 0.25) is 0 Å². The number of esters is 4. The minimum atomic E-state index is -0.641. The zero-order valence-corrected chi connectivity index (χ0v) is 19.6. The van der Waals surface area contributed by atoms with Gasteiger partial charge in [0, 0.05) is 0 Å². The van der Waals surface area contributed by atoms with Crippen molar-refractivity contribution in [2.45, 2.75) is 6.10 Å². The van der Waals surface area contributed by atoms with Gasteiger partial charge in [-0.25, -0.2) is 19.2 Å². The second-order valence-corrected chi connectivity index (χ2v) is 7.85. The molecule has 37 heavy (non-hydrogen) atoms. The minimum Gasteiger partial charge on any atom is -0.459 e. The molecule has 1 unspecified atom stereocenters. The van der Waals surface area contributed by atoms with E-state index in [4.69, 9.17) is 23.7 Å². The Morgan fingerprint density at radius 1 is 0.676 bits per heavy atom. The molecular weight excluding hydrogens is 480 g/mol. The molecule has 0 N–H and O–H groups in total. The van der Waals surface area contributed by atoms with Crippen molar-refractivity contribution < 1.29 is 42.9 Å². The fourth-order valence-electron chi connectivity index (χ4n) is 3.03. The van der Waals surface area contributed by atoms with Crippen LogP contribution in [0.2, 0.25) is 0 Å². The number of carbonyl (C=O) groups is 4. The first kappa shape index (κ1) is 25.3. The quantitative estimate of drug-likeness (QED) is 0.175. The van der Waals surface area contributed by atoms with Crippen LogP contribution < -0.4 is 9.47 Å². The van der Waals surface area contributed by atoms with Crippen molar-refractivity contribution in [3.05, 3.63) is 108 Å². The highest BCUT2D eigenvalue weighted by Gasteiger charge is 2.24. The summed E-state index contributed by atoms with van der Waals surface area (Å²) in [6.45, 7) is 4.37. The zero-order chi connectivity index (χ0) is 26.2. The van der Waals surface area contributed by atoms with Crippen LogP contribution in [0.15, 0.2) is 85.5 Å². The van der Waals surface area contributed by atoms with Crippen molar-refractivity contribution in [2.24, 2.45) is 0 Å². The van der Waals surface area contributed by atoms with Crippen LogP contribution >= 0.6 is 0 Å². The highest BCUT2D eigenvalue weighted by molar-refractivity contribution is 5.95. The second-order valence-electron chi connectivity index (χ2n) is 7.85. The molecule has 9 heteroatoms. The molecule has 0 aliphatic carbocycles. The molecular formula is C28H22O9. The standard InChI is InChI=1S/C28H22O9/c1-2-15-33-25(29)18-7-11-22(12-8-18)36-27(31)20-3-5-21(6-4-20)28(32)37-23-13-9-19(10-14-23)26(30)35-17-24-16-34-24/h2-14,24H,1,15-17H2. The number of epoxide rings is 1. The first-order valence-electron chi connectivity index (χ1n) is 11.2. The van der Waals surface area contributed by atoms with Crippen molar-refractivity contribution in [3.8, 4) is 11.5 Å². The summed E-state index contributed by atoms with van der Waals surface area (Å²) in [5, 5.41) is 0. The summed E-state index contributed by atoms with van der Waals surface area (Å²) in [6, 6.07) is 17.6. The van der Waals surface area contributed by atoms with Crippen molar-refractivity contribution in [3.63, 3.8) is 0 Å². The van der Waals surface area contributed by atoms with Gasteiger partial charge < -0.3 is 23.7 Å². The summed E-state index contributed by atoms with van der Waals surface area (Å²) in [5.41, 5.74) is 1.06. The Kier molecular flexibility index (Phi) is 8.07. The van der Waals surface area contributed by atoms with Gasteiger partial charge in [-0.1, -0.05) is 12.7 Å². The minimum absolute atomic E-state index is 0.0242. The molecule has 0 amide bonds. The van der Waals surface area contributed by atoms with Crippen LogP contribution in [0.5, 0.6) is 11.5 Å². The van der Waals surface area contributed by atoms with Crippen molar-refractivity contribution >= 4 is 23.9 Å². The molecule has 0 saturated carbocycles. The van der Waals surface area contributed by atoms with E-state index in [0.717, 1.165) is 0 Å². The molecule has 1 fully saturated rings. The summed E-state index contributed by atoms with van der Waals surface area (Å²) in [6.07, 6.45) is 1.44. The third kappa shape index (κ3) is 7.12. The van der Waals surface area contributed by atoms with Crippen molar-refractivity contribution in [1.29, 1.82) is 0 Å². The van der Waals surface area contributed by atoms with Gasteiger partial charge in [0.1, 0.15) is 30.8 Å². The van der Waals surface area contributed by atoms with Crippen LogP contribution in [0.3, 0.4) is 0 Å². The summed E-state index contributed by atoms with van der Waals surface area (Å²) < 4.78 is 25.7. The molecule has 3 aromatic rings. The van der Waals surface area contributed by atoms with Crippen LogP contribution in [-0.2, 0) is 14.2 Å². The van der Waals surface area contributed by atoms with Crippen LogP contribution in [-0.4, -0.2) is 49.8 Å². The van der Waals surface area contributed by atoms with Gasteiger partial charge in [0.25, 0.3) is 0 Å². The van der Waals surface area contributed by atoms with Gasteiger partial charge in [-0.05, 0) is 72.8 Å². The zero-order valence-electron chi connectivity index (χ0n) is 19.6. The molecule has 0 radical (unpaired) electrons. The molecule has 1 heterocycles. The number of carbonyl (C=O) groups excluding carboxylic acids is 4. The summed E-state index contributed by atoms with van der Waals surface area (Å²) in [5.74, 6) is -1.80. The normalized spacial score (nSPS) is 13.7. The Balaban J connectivity index is 1.29. The fourth-order valence-corrected chi connectivity index (χ4v) is 3.03. The lowest BCUT2D eigenvalue weighted by Gasteiger charge is -2.08. The average Bonchev–Trinajstić information content (AvgIpc) is 3.76. The monoisotopic (exact) mass is 502 g/mol. The SMILES string of the molecule is C=CCOC(=O)c1ccc(OC(=O)c2ccc(C(=O)Oc3ccc(C(=O)OCC4CO4)cc3)cc2)cc1. The summed E-state index contributed by atoms with van der Waals surface area (Å²) in [7, 11) is 0. The number of rotatable bonds is 10. The third-order valence-corrected chi connectivity index (χ3v) is 5.09. The Hall–Kier alpha value is -4.76. The molecule has 9 nitrogen and oxygen atoms in total. The largest absolute Gasteiger partial charge is 0.459 e. The maximum atomic E-state index is 12.5. The Labute approximate surface area is 212 Å². The van der Waals surface area contributed by atoms with Gasteiger partial charge in [-0.3, -0.25) is 0 Å². The third-order valence-electron chi connectivity index (χ3n) is 5.09. The van der Waals surface area contributed by atoms with E-state index < -0.39 is 23.9 Å². The smallest absolute Gasteiger partial charge is 0.343 e. The molecule has 0 spiro atoms. The maximum Gasteiger partial charge on any atom is 0.343 e. The predicted molar refractivity (Wildman–Crippen MR) is 130 cm³/mol. The Bertz CT molecular complexity index is 1290. The van der Waals surface area contributed by atoms with E-state index in [9.17, 15) is 19.2 Å². The molecule has 1 aliphatic rings. The van der Waals surface area contributed by atoms with Gasteiger partial charge in [-0.15, -0.1) is 0 Å². The highest BCUT2D eigenvalue weighted by Crippen LogP contribution is 2.18. The van der Waals surface area contributed by atoms with Crippen LogP contribution in [0.4, 0.5) is 0 Å². The van der Waals surface area contributed by atoms with Crippen LogP contribution in [0.1, 0.15) is 41.4 Å². The number of hydrogen-bond donors (Lipinski definition) is 0. The van der Waals surface area contributed by atoms with Crippen molar-refractivity contribution in [2.75, 3.05) is 19.8 Å². The number of hydrogen-bond acceptors (Lipinski definition) is 9. The highest BCUT2D eigenvalue weighted by atomic mass is 16.6. The molecule has 0 bridgehead atoms. The van der Waals surface area contributed by atoms with Gasteiger partial charge in [0.15, 0.2) is 0 Å². The molecule has 0 aromatic heterocycles. The van der Waals surface area contributed by atoms with E-state index in [1.54, 1.807) is 0 Å². The van der Waals surface area contributed by atoms with E-state index in [-0.39, 0.29) is 41.9 Å². The topological polar surface area (TPSA) is 118 Å². The van der Waals surface area contributed by atoms with E-state index in [2.05, 4.69) is 6.58 Å². The van der Waals surface area contributed by atoms with Gasteiger partial charge in [-0.2, -0.15) is 0 Å². The lowest BCUT2D eigenvalue weighted by Crippen LogP contribution is -2.12. The second kappa shape index (κ2) is 11.8. The van der Waals surface area contributed by atoms with Crippen LogP contribution in [0.25, 0.3) is 0 Å². The van der Waals surface area contributed by atoms with Crippen molar-refractivity contribution in [1.82, 2.24) is 0 Å². The molecule has 188 valence electrons. The number of ether oxygens (including phenoxy) is 5. The lowest BCUT2D eigenvalue weighted by atomic mass is 10.1. The molecule has 1 aliphatic heterocycles. The molecule has 1 atom stereocenters. The fraction of sp³-hybridized carbons (Fsp3) is 0.143. The lowest BCUT2D eigenvalue weighted by molar-refractivity contribution is 0.0475. The molecule has 1 saturated heterocycles. The predicted octanol–water partition coefficient (Wildman–Crippen LogP) is 4.02. The summed E-state index contributed by atoms with van der Waals surface area (Å²) in [4.78, 5) is 48.7. The number of benzene rings is 3. The average molecular weight is 502 g/mol. The van der Waals surface area contributed by atoms with E-state index >= 15 is 0 Å². The van der Waals surface area contributed by atoms with E-state index in [1.165, 1.54) is 78.9 Å². The Morgan fingerprint density at radius 2 is 1.05 bits per heavy atom. The van der Waals surface area contributed by atoms with Gasteiger partial charge >= 0.3 is 23.9 Å². The maximum absolute atomic E-state index is 12.5. The molecule has 3 aromatic carbocycles. The van der Waals surface area contributed by atoms with Gasteiger partial charge in [0.05, 0.1) is 28.9 Å². The summed E-state index contributed by atoms with van der Waals surface area (Å²) >= 11 is 0. The molecule has 4 rings (SSSR count). The van der Waals surface area contributed by atoms with E-state index in [0.29, 0.717) is 17.7 Å².